The molecule has 0 spiro atoms. The predicted molar refractivity (Wildman–Crippen MR) is 85.3 cm³/mol. The van der Waals surface area contributed by atoms with E-state index in [9.17, 15) is 18.3 Å². The molecule has 1 heterocycles. The molecule has 1 aliphatic rings. The molecule has 5 nitrogen and oxygen atoms in total. The Hall–Kier alpha value is -1.35. The lowest BCUT2D eigenvalue weighted by atomic mass is 10.2. The van der Waals surface area contributed by atoms with Gasteiger partial charge in [-0.15, -0.1) is 13.2 Å². The minimum absolute atomic E-state index is 0.127. The number of aliphatic hydroxyl groups is 1. The number of alkyl halides is 3. The molecule has 0 aliphatic carbocycles. The van der Waals surface area contributed by atoms with Crippen molar-refractivity contribution in [2.45, 2.75) is 38.0 Å². The Kier molecular flexibility index (Phi) is 7.49. The van der Waals surface area contributed by atoms with E-state index in [-0.39, 0.29) is 18.5 Å². The highest BCUT2D eigenvalue weighted by atomic mass is 19.4. The molecule has 1 fully saturated rings. The molecule has 1 aliphatic heterocycles. The predicted octanol–water partition coefficient (Wildman–Crippen LogP) is 2.57. The van der Waals surface area contributed by atoms with Crippen LogP contribution in [-0.4, -0.2) is 62.0 Å². The first-order valence-electron chi connectivity index (χ1n) is 8.22. The Labute approximate surface area is 145 Å². The quantitative estimate of drug-likeness (QED) is 0.731. The maximum absolute atomic E-state index is 12.1. The van der Waals surface area contributed by atoms with Crippen molar-refractivity contribution in [2.24, 2.45) is 0 Å². The van der Waals surface area contributed by atoms with Gasteiger partial charge >= 0.3 is 6.36 Å². The molecule has 2 rings (SSSR count). The second-order valence-electron chi connectivity index (χ2n) is 6.21. The molecule has 1 aromatic rings. The van der Waals surface area contributed by atoms with Gasteiger partial charge in [-0.05, 0) is 37.6 Å². The van der Waals surface area contributed by atoms with E-state index in [0.717, 1.165) is 25.0 Å². The Morgan fingerprint density at radius 1 is 1.32 bits per heavy atom. The Balaban J connectivity index is 1.67. The molecule has 1 N–H and O–H groups in total. The number of benzene rings is 1. The average molecular weight is 363 g/mol. The van der Waals surface area contributed by atoms with Gasteiger partial charge in [-0.1, -0.05) is 12.1 Å². The molecular formula is C17H24F3NO4. The van der Waals surface area contributed by atoms with Crippen molar-refractivity contribution >= 4 is 0 Å². The number of halogens is 3. The zero-order valence-corrected chi connectivity index (χ0v) is 14.2. The van der Waals surface area contributed by atoms with E-state index < -0.39 is 12.5 Å². The van der Waals surface area contributed by atoms with Crippen molar-refractivity contribution in [3.63, 3.8) is 0 Å². The maximum Gasteiger partial charge on any atom is 0.573 e. The Morgan fingerprint density at radius 2 is 2.04 bits per heavy atom. The van der Waals surface area contributed by atoms with Gasteiger partial charge in [-0.25, -0.2) is 0 Å². The van der Waals surface area contributed by atoms with Gasteiger partial charge < -0.3 is 19.3 Å². The third-order valence-corrected chi connectivity index (χ3v) is 3.77. The molecule has 0 bridgehead atoms. The van der Waals surface area contributed by atoms with Crippen LogP contribution in [0, 0.1) is 0 Å². The van der Waals surface area contributed by atoms with E-state index >= 15 is 0 Å². The standard InChI is InChI=1S/C17H24F3NO4/c1-21(10-14(22)11-23-12-16-3-2-8-24-16)9-13-4-6-15(7-5-13)25-17(18,19)20/h4-7,14,16,22H,2-3,8-12H2,1H3. The SMILES string of the molecule is CN(Cc1ccc(OC(F)(F)F)cc1)CC(O)COCC1CCCO1. The van der Waals surface area contributed by atoms with Crippen LogP contribution in [0.25, 0.3) is 0 Å². The summed E-state index contributed by atoms with van der Waals surface area (Å²) in [4.78, 5) is 1.87. The van der Waals surface area contributed by atoms with E-state index in [1.807, 2.05) is 11.9 Å². The van der Waals surface area contributed by atoms with Crippen LogP contribution in [0.4, 0.5) is 13.2 Å². The molecule has 2 unspecified atom stereocenters. The number of likely N-dealkylation sites (N-methyl/N-ethyl adjacent to an activating group) is 1. The van der Waals surface area contributed by atoms with Crippen molar-refractivity contribution in [3.8, 4) is 5.75 Å². The molecule has 0 saturated carbocycles. The van der Waals surface area contributed by atoms with E-state index in [0.29, 0.717) is 19.7 Å². The number of aliphatic hydroxyl groups excluding tert-OH is 1. The van der Waals surface area contributed by atoms with Gasteiger partial charge in [-0.2, -0.15) is 0 Å². The summed E-state index contributed by atoms with van der Waals surface area (Å²) in [5.41, 5.74) is 0.824. The van der Waals surface area contributed by atoms with Gasteiger partial charge in [0.25, 0.3) is 0 Å². The van der Waals surface area contributed by atoms with Gasteiger partial charge in [0.15, 0.2) is 0 Å². The molecule has 8 heteroatoms. The first-order chi connectivity index (χ1) is 11.8. The summed E-state index contributed by atoms with van der Waals surface area (Å²) in [5.74, 6) is -0.249. The van der Waals surface area contributed by atoms with Crippen LogP contribution < -0.4 is 4.74 Å². The minimum atomic E-state index is -4.69. The first-order valence-corrected chi connectivity index (χ1v) is 8.22. The number of nitrogens with zero attached hydrogens (tertiary/aromatic N) is 1. The van der Waals surface area contributed by atoms with Gasteiger partial charge in [0.05, 0.1) is 25.4 Å². The van der Waals surface area contributed by atoms with Gasteiger partial charge in [0.1, 0.15) is 5.75 Å². The van der Waals surface area contributed by atoms with E-state index in [1.54, 1.807) is 12.1 Å². The third kappa shape index (κ3) is 8.04. The number of rotatable bonds is 9. The normalized spacial score (nSPS) is 19.4. The highest BCUT2D eigenvalue weighted by molar-refractivity contribution is 5.27. The van der Waals surface area contributed by atoms with Crippen molar-refractivity contribution < 1.29 is 32.5 Å². The van der Waals surface area contributed by atoms with Gasteiger partial charge in [0, 0.05) is 19.7 Å². The minimum Gasteiger partial charge on any atom is -0.406 e. The van der Waals surface area contributed by atoms with E-state index in [4.69, 9.17) is 9.47 Å². The topological polar surface area (TPSA) is 51.2 Å². The van der Waals surface area contributed by atoms with Crippen molar-refractivity contribution in [2.75, 3.05) is 33.4 Å². The molecule has 0 aromatic heterocycles. The van der Waals surface area contributed by atoms with Crippen LogP contribution in [0.15, 0.2) is 24.3 Å². The highest BCUT2D eigenvalue weighted by Gasteiger charge is 2.30. The van der Waals surface area contributed by atoms with Crippen LogP contribution in [0.3, 0.4) is 0 Å². The maximum atomic E-state index is 12.1. The summed E-state index contributed by atoms with van der Waals surface area (Å²) in [7, 11) is 1.82. The second-order valence-corrected chi connectivity index (χ2v) is 6.21. The van der Waals surface area contributed by atoms with Gasteiger partial charge in [0.2, 0.25) is 0 Å². The molecule has 0 radical (unpaired) electrons. The fourth-order valence-electron chi connectivity index (χ4n) is 2.70. The van der Waals surface area contributed by atoms with Crippen LogP contribution in [0.1, 0.15) is 18.4 Å². The molecule has 1 saturated heterocycles. The molecular weight excluding hydrogens is 339 g/mol. The summed E-state index contributed by atoms with van der Waals surface area (Å²) in [6.07, 6.45) is -3.16. The van der Waals surface area contributed by atoms with Crippen LogP contribution in [0.5, 0.6) is 5.75 Å². The lowest BCUT2D eigenvalue weighted by Gasteiger charge is -2.21. The highest BCUT2D eigenvalue weighted by Crippen LogP contribution is 2.23. The van der Waals surface area contributed by atoms with Crippen molar-refractivity contribution in [1.82, 2.24) is 4.90 Å². The number of hydrogen-bond donors (Lipinski definition) is 1. The molecule has 0 amide bonds. The lowest BCUT2D eigenvalue weighted by Crippen LogP contribution is -2.32. The molecule has 25 heavy (non-hydrogen) atoms. The largest absolute Gasteiger partial charge is 0.573 e. The van der Waals surface area contributed by atoms with Gasteiger partial charge in [-0.3, -0.25) is 4.90 Å². The third-order valence-electron chi connectivity index (χ3n) is 3.77. The van der Waals surface area contributed by atoms with Crippen LogP contribution >= 0.6 is 0 Å². The average Bonchev–Trinajstić information content (AvgIpc) is 3.01. The van der Waals surface area contributed by atoms with Crippen molar-refractivity contribution in [3.05, 3.63) is 29.8 Å². The number of ether oxygens (including phenoxy) is 3. The molecule has 1 aromatic carbocycles. The number of hydrogen-bond acceptors (Lipinski definition) is 5. The zero-order chi connectivity index (χ0) is 18.3. The zero-order valence-electron chi connectivity index (χ0n) is 14.2. The Morgan fingerprint density at radius 3 is 2.64 bits per heavy atom. The fraction of sp³-hybridized carbons (Fsp3) is 0.647. The summed E-state index contributed by atoms with van der Waals surface area (Å²) in [6, 6.07) is 5.69. The lowest BCUT2D eigenvalue weighted by molar-refractivity contribution is -0.274. The van der Waals surface area contributed by atoms with Crippen molar-refractivity contribution in [1.29, 1.82) is 0 Å². The Bertz CT molecular complexity index is 504. The summed E-state index contributed by atoms with van der Waals surface area (Å²) in [6.45, 7) is 2.37. The second kappa shape index (κ2) is 9.38. The smallest absolute Gasteiger partial charge is 0.406 e. The van der Waals surface area contributed by atoms with Crippen LogP contribution in [-0.2, 0) is 16.0 Å². The molecule has 142 valence electrons. The first kappa shape index (κ1) is 20.0. The molecule has 2 atom stereocenters. The van der Waals surface area contributed by atoms with Crippen LogP contribution in [0.2, 0.25) is 0 Å². The monoisotopic (exact) mass is 363 g/mol. The summed E-state index contributed by atoms with van der Waals surface area (Å²) >= 11 is 0. The fourth-order valence-corrected chi connectivity index (χ4v) is 2.70. The van der Waals surface area contributed by atoms with E-state index in [1.165, 1.54) is 12.1 Å². The van der Waals surface area contributed by atoms with E-state index in [2.05, 4.69) is 4.74 Å². The summed E-state index contributed by atoms with van der Waals surface area (Å²) < 4.78 is 51.1. The summed E-state index contributed by atoms with van der Waals surface area (Å²) in [5, 5.41) is 9.99.